The summed E-state index contributed by atoms with van der Waals surface area (Å²) < 4.78 is 12.0. The van der Waals surface area contributed by atoms with E-state index in [1.165, 1.54) is 0 Å². The smallest absolute Gasteiger partial charge is 0.227 e. The second-order valence-electron chi connectivity index (χ2n) is 8.58. The summed E-state index contributed by atoms with van der Waals surface area (Å²) in [6.45, 7) is 0. The molecule has 0 bridgehead atoms. The predicted octanol–water partition coefficient (Wildman–Crippen LogP) is 8.80. The summed E-state index contributed by atoms with van der Waals surface area (Å²) in [5.41, 5.74) is 8.67. The first-order chi connectivity index (χ1) is 17.3. The van der Waals surface area contributed by atoms with Crippen LogP contribution in [0.5, 0.6) is 0 Å². The number of oxazole rings is 1. The van der Waals surface area contributed by atoms with Gasteiger partial charge in [-0.05, 0) is 77.9 Å². The van der Waals surface area contributed by atoms with Crippen LogP contribution >= 0.6 is 0 Å². The molecule has 7 rings (SSSR count). The van der Waals surface area contributed by atoms with Gasteiger partial charge < -0.3 is 14.2 Å². The number of hydrogen-bond acceptors (Lipinski definition) is 4. The van der Waals surface area contributed by atoms with E-state index in [2.05, 4.69) is 58.8 Å². The third-order valence-corrected chi connectivity index (χ3v) is 6.29. The zero-order chi connectivity index (χ0) is 23.2. The van der Waals surface area contributed by atoms with Gasteiger partial charge in [0, 0.05) is 27.7 Å². The number of rotatable bonds is 4. The van der Waals surface area contributed by atoms with Crippen molar-refractivity contribution in [2.45, 2.75) is 0 Å². The Morgan fingerprint density at radius 2 is 1.23 bits per heavy atom. The van der Waals surface area contributed by atoms with E-state index < -0.39 is 0 Å². The lowest BCUT2D eigenvalue weighted by Crippen LogP contribution is -1.91. The molecule has 166 valence electrons. The first-order valence-corrected chi connectivity index (χ1v) is 11.5. The third kappa shape index (κ3) is 3.52. The molecule has 0 aliphatic rings. The van der Waals surface area contributed by atoms with Gasteiger partial charge in [0.1, 0.15) is 16.7 Å². The molecule has 2 aromatic heterocycles. The molecule has 5 aromatic carbocycles. The molecule has 0 atom stereocenters. The molecule has 0 aliphatic heterocycles. The minimum atomic E-state index is 0.626. The fourth-order valence-corrected chi connectivity index (χ4v) is 4.54. The molecule has 0 fully saturated rings. The van der Waals surface area contributed by atoms with Gasteiger partial charge in [0.05, 0.1) is 0 Å². The van der Waals surface area contributed by atoms with Crippen molar-refractivity contribution in [1.29, 1.82) is 0 Å². The van der Waals surface area contributed by atoms with E-state index in [-0.39, 0.29) is 0 Å². The summed E-state index contributed by atoms with van der Waals surface area (Å²) in [5, 5.41) is 5.78. The zero-order valence-electron chi connectivity index (χ0n) is 18.7. The molecule has 0 aliphatic carbocycles. The van der Waals surface area contributed by atoms with Gasteiger partial charge >= 0.3 is 0 Å². The number of aromatic nitrogens is 1. The molecule has 4 heteroatoms. The lowest BCUT2D eigenvalue weighted by atomic mass is 10.0. The number of anilines is 2. The van der Waals surface area contributed by atoms with Crippen LogP contribution in [0.2, 0.25) is 0 Å². The van der Waals surface area contributed by atoms with Crippen molar-refractivity contribution in [3.8, 4) is 22.6 Å². The average Bonchev–Trinajstić information content (AvgIpc) is 3.50. The van der Waals surface area contributed by atoms with Gasteiger partial charge in [-0.1, -0.05) is 48.5 Å². The Kier molecular flexibility index (Phi) is 4.42. The highest BCUT2D eigenvalue weighted by molar-refractivity contribution is 6.05. The first-order valence-electron chi connectivity index (χ1n) is 11.5. The van der Waals surface area contributed by atoms with Gasteiger partial charge in [-0.2, -0.15) is 0 Å². The van der Waals surface area contributed by atoms with Crippen LogP contribution in [0.25, 0.3) is 55.6 Å². The van der Waals surface area contributed by atoms with Crippen LogP contribution in [0, 0.1) is 0 Å². The van der Waals surface area contributed by atoms with E-state index in [0.717, 1.165) is 61.1 Å². The Bertz CT molecular complexity index is 1790. The van der Waals surface area contributed by atoms with Crippen LogP contribution in [0.4, 0.5) is 11.4 Å². The standard InChI is InChI=1S/C31H20N2O2/c1-3-10-28-25(8-1)26-17-14-22(19-30(26)34-28)21-6-5-7-24(18-21)32-23-15-12-20(13-16-23)31-33-27-9-2-4-11-29(27)35-31/h1-19,32H. The van der Waals surface area contributed by atoms with Crippen molar-refractivity contribution >= 4 is 44.4 Å². The Balaban J connectivity index is 1.16. The third-order valence-electron chi connectivity index (χ3n) is 6.29. The highest BCUT2D eigenvalue weighted by Crippen LogP contribution is 2.33. The summed E-state index contributed by atoms with van der Waals surface area (Å²) >= 11 is 0. The van der Waals surface area contributed by atoms with Gasteiger partial charge in [-0.25, -0.2) is 4.98 Å². The number of fused-ring (bicyclic) bond motifs is 4. The Labute approximate surface area is 201 Å². The van der Waals surface area contributed by atoms with Crippen LogP contribution in [0.1, 0.15) is 0 Å². The molecular formula is C31H20N2O2. The van der Waals surface area contributed by atoms with Gasteiger partial charge in [0.25, 0.3) is 0 Å². The van der Waals surface area contributed by atoms with Crippen molar-refractivity contribution in [2.75, 3.05) is 5.32 Å². The molecule has 0 radical (unpaired) electrons. The second kappa shape index (κ2) is 7.89. The lowest BCUT2D eigenvalue weighted by Gasteiger charge is -2.09. The zero-order valence-corrected chi connectivity index (χ0v) is 18.7. The fourth-order valence-electron chi connectivity index (χ4n) is 4.54. The molecule has 0 spiro atoms. The van der Waals surface area contributed by atoms with Gasteiger partial charge in [0.2, 0.25) is 5.89 Å². The maximum atomic E-state index is 6.08. The maximum Gasteiger partial charge on any atom is 0.227 e. The van der Waals surface area contributed by atoms with Crippen molar-refractivity contribution in [2.24, 2.45) is 0 Å². The number of nitrogens with one attached hydrogen (secondary N) is 1. The maximum absolute atomic E-state index is 6.08. The predicted molar refractivity (Wildman–Crippen MR) is 142 cm³/mol. The molecule has 35 heavy (non-hydrogen) atoms. The monoisotopic (exact) mass is 452 g/mol. The molecule has 1 N–H and O–H groups in total. The van der Waals surface area contributed by atoms with E-state index in [4.69, 9.17) is 8.83 Å². The number of furan rings is 1. The highest BCUT2D eigenvalue weighted by Gasteiger charge is 2.10. The summed E-state index contributed by atoms with van der Waals surface area (Å²) in [7, 11) is 0. The fraction of sp³-hybridized carbons (Fsp3) is 0. The Morgan fingerprint density at radius 3 is 2.11 bits per heavy atom. The van der Waals surface area contributed by atoms with Gasteiger partial charge in [-0.3, -0.25) is 0 Å². The van der Waals surface area contributed by atoms with Crippen molar-refractivity contribution in [1.82, 2.24) is 4.98 Å². The normalized spacial score (nSPS) is 11.4. The van der Waals surface area contributed by atoms with Crippen LogP contribution < -0.4 is 5.32 Å². The van der Waals surface area contributed by atoms with Crippen molar-refractivity contribution in [3.63, 3.8) is 0 Å². The van der Waals surface area contributed by atoms with Crippen molar-refractivity contribution in [3.05, 3.63) is 115 Å². The van der Waals surface area contributed by atoms with Crippen LogP contribution in [-0.2, 0) is 0 Å². The molecule has 2 heterocycles. The Hall–Kier alpha value is -4.83. The van der Waals surface area contributed by atoms with Crippen molar-refractivity contribution < 1.29 is 8.83 Å². The molecule has 0 saturated heterocycles. The number of hydrogen-bond donors (Lipinski definition) is 1. The summed E-state index contributed by atoms with van der Waals surface area (Å²) in [6, 6.07) is 38.9. The topological polar surface area (TPSA) is 51.2 Å². The van der Waals surface area contributed by atoms with E-state index in [9.17, 15) is 0 Å². The average molecular weight is 453 g/mol. The first kappa shape index (κ1) is 19.6. The quantitative estimate of drug-likeness (QED) is 0.290. The summed E-state index contributed by atoms with van der Waals surface area (Å²) in [4.78, 5) is 4.58. The number of benzene rings is 5. The Morgan fingerprint density at radius 1 is 0.486 bits per heavy atom. The van der Waals surface area contributed by atoms with Crippen LogP contribution in [0.3, 0.4) is 0 Å². The van der Waals surface area contributed by atoms with E-state index in [1.54, 1.807) is 0 Å². The highest BCUT2D eigenvalue weighted by atomic mass is 16.3. The number of nitrogens with zero attached hydrogens (tertiary/aromatic N) is 1. The SMILES string of the molecule is c1cc(Nc2ccc(-c3nc4ccccc4o3)cc2)cc(-c2ccc3c(c2)oc2ccccc23)c1. The minimum Gasteiger partial charge on any atom is -0.456 e. The lowest BCUT2D eigenvalue weighted by molar-refractivity contribution is 0.620. The summed E-state index contributed by atoms with van der Waals surface area (Å²) in [6.07, 6.45) is 0. The van der Waals surface area contributed by atoms with Gasteiger partial charge in [0.15, 0.2) is 5.58 Å². The second-order valence-corrected chi connectivity index (χ2v) is 8.58. The van der Waals surface area contributed by atoms with Crippen LogP contribution in [0.15, 0.2) is 124 Å². The molecular weight excluding hydrogens is 432 g/mol. The molecule has 0 unspecified atom stereocenters. The molecule has 4 nitrogen and oxygen atoms in total. The molecule has 7 aromatic rings. The minimum absolute atomic E-state index is 0.626. The van der Waals surface area contributed by atoms with E-state index >= 15 is 0 Å². The number of para-hydroxylation sites is 3. The molecule has 0 saturated carbocycles. The largest absolute Gasteiger partial charge is 0.456 e. The van der Waals surface area contributed by atoms with Crippen LogP contribution in [-0.4, -0.2) is 4.98 Å². The van der Waals surface area contributed by atoms with E-state index in [1.807, 2.05) is 66.7 Å². The summed E-state index contributed by atoms with van der Waals surface area (Å²) in [5.74, 6) is 0.626. The molecule has 0 amide bonds. The van der Waals surface area contributed by atoms with E-state index in [0.29, 0.717) is 5.89 Å². The van der Waals surface area contributed by atoms with Gasteiger partial charge in [-0.15, -0.1) is 0 Å².